The van der Waals surface area contributed by atoms with Gasteiger partial charge in [-0.1, -0.05) is 18.6 Å². The van der Waals surface area contributed by atoms with Gasteiger partial charge in [0, 0.05) is 5.41 Å². The van der Waals surface area contributed by atoms with E-state index in [4.69, 9.17) is 9.47 Å². The summed E-state index contributed by atoms with van der Waals surface area (Å²) in [7, 11) is 0. The van der Waals surface area contributed by atoms with E-state index in [9.17, 15) is 0 Å². The Kier molecular flexibility index (Phi) is 2.43. The quantitative estimate of drug-likeness (QED) is 0.535. The number of rotatable bonds is 0. The summed E-state index contributed by atoms with van der Waals surface area (Å²) >= 11 is 0. The van der Waals surface area contributed by atoms with Crippen molar-refractivity contribution in [3.8, 4) is 0 Å². The van der Waals surface area contributed by atoms with Crippen LogP contribution in [0.3, 0.4) is 0 Å². The SMILES string of the molecule is CC1=CCC2(COCOC2)[C@H](C)C1. The average Bonchev–Trinajstić information content (AvgIpc) is 2.14. The molecule has 2 nitrogen and oxygen atoms in total. The molecule has 2 heteroatoms. The molecule has 1 aliphatic heterocycles. The summed E-state index contributed by atoms with van der Waals surface area (Å²) < 4.78 is 10.8. The van der Waals surface area contributed by atoms with E-state index in [0.717, 1.165) is 19.6 Å². The first-order chi connectivity index (χ1) is 6.23. The Morgan fingerprint density at radius 1 is 1.38 bits per heavy atom. The van der Waals surface area contributed by atoms with Crippen LogP contribution in [0.4, 0.5) is 0 Å². The molecule has 74 valence electrons. The van der Waals surface area contributed by atoms with Gasteiger partial charge >= 0.3 is 0 Å². The minimum Gasteiger partial charge on any atom is -0.355 e. The molecule has 0 N–H and O–H groups in total. The molecule has 1 atom stereocenters. The third-order valence-electron chi connectivity index (χ3n) is 3.48. The number of allylic oxidation sites excluding steroid dienone is 2. The number of hydrogen-bond acceptors (Lipinski definition) is 2. The zero-order chi connectivity index (χ0) is 9.31. The third kappa shape index (κ3) is 1.65. The molecule has 1 spiro atoms. The normalized spacial score (nSPS) is 33.1. The van der Waals surface area contributed by atoms with Gasteiger partial charge in [0.1, 0.15) is 6.79 Å². The van der Waals surface area contributed by atoms with Crippen LogP contribution in [0.1, 0.15) is 26.7 Å². The van der Waals surface area contributed by atoms with E-state index >= 15 is 0 Å². The second kappa shape index (κ2) is 3.43. The molecule has 0 aromatic carbocycles. The van der Waals surface area contributed by atoms with Crippen LogP contribution in [0.15, 0.2) is 11.6 Å². The van der Waals surface area contributed by atoms with Gasteiger partial charge < -0.3 is 9.47 Å². The Labute approximate surface area is 79.9 Å². The van der Waals surface area contributed by atoms with Gasteiger partial charge in [-0.25, -0.2) is 0 Å². The minimum atomic E-state index is 0.276. The van der Waals surface area contributed by atoms with Crippen molar-refractivity contribution in [1.82, 2.24) is 0 Å². The minimum absolute atomic E-state index is 0.276. The highest BCUT2D eigenvalue weighted by molar-refractivity contribution is 5.10. The Morgan fingerprint density at radius 2 is 2.08 bits per heavy atom. The van der Waals surface area contributed by atoms with Crippen molar-refractivity contribution in [2.24, 2.45) is 11.3 Å². The smallest absolute Gasteiger partial charge is 0.146 e. The van der Waals surface area contributed by atoms with Crippen LogP contribution in [0.2, 0.25) is 0 Å². The van der Waals surface area contributed by atoms with Crippen molar-refractivity contribution in [2.75, 3.05) is 20.0 Å². The third-order valence-corrected chi connectivity index (χ3v) is 3.48. The highest BCUT2D eigenvalue weighted by Crippen LogP contribution is 2.42. The molecule has 0 saturated carbocycles. The predicted molar refractivity (Wildman–Crippen MR) is 51.4 cm³/mol. The van der Waals surface area contributed by atoms with Crippen molar-refractivity contribution in [3.63, 3.8) is 0 Å². The summed E-state index contributed by atoms with van der Waals surface area (Å²) in [6.07, 6.45) is 4.67. The lowest BCUT2D eigenvalue weighted by molar-refractivity contribution is -0.180. The van der Waals surface area contributed by atoms with Crippen LogP contribution in [0, 0.1) is 11.3 Å². The monoisotopic (exact) mass is 182 g/mol. The molecule has 0 amide bonds. The molecule has 2 rings (SSSR count). The lowest BCUT2D eigenvalue weighted by Gasteiger charge is -2.43. The molecule has 0 bridgehead atoms. The average molecular weight is 182 g/mol. The molecule has 2 aliphatic rings. The molecule has 0 aromatic rings. The van der Waals surface area contributed by atoms with Crippen molar-refractivity contribution >= 4 is 0 Å². The molecular weight excluding hydrogens is 164 g/mol. The molecule has 13 heavy (non-hydrogen) atoms. The lowest BCUT2D eigenvalue weighted by atomic mass is 9.68. The molecule has 0 radical (unpaired) electrons. The fourth-order valence-electron chi connectivity index (χ4n) is 2.35. The van der Waals surface area contributed by atoms with Gasteiger partial charge in [0.25, 0.3) is 0 Å². The van der Waals surface area contributed by atoms with Crippen LogP contribution in [-0.4, -0.2) is 20.0 Å². The molecule has 1 fully saturated rings. The predicted octanol–water partition coefficient (Wildman–Crippen LogP) is 2.35. The Bertz CT molecular complexity index is 214. The van der Waals surface area contributed by atoms with E-state index in [1.807, 2.05) is 0 Å². The fraction of sp³-hybridized carbons (Fsp3) is 0.818. The van der Waals surface area contributed by atoms with Crippen molar-refractivity contribution in [3.05, 3.63) is 11.6 Å². The van der Waals surface area contributed by atoms with Crippen LogP contribution in [-0.2, 0) is 9.47 Å². The molecule has 0 aromatic heterocycles. The first-order valence-electron chi connectivity index (χ1n) is 5.04. The second-order valence-corrected chi connectivity index (χ2v) is 4.54. The van der Waals surface area contributed by atoms with Gasteiger partial charge in [-0.05, 0) is 25.7 Å². The summed E-state index contributed by atoms with van der Waals surface area (Å²) in [4.78, 5) is 0. The van der Waals surface area contributed by atoms with E-state index < -0.39 is 0 Å². The van der Waals surface area contributed by atoms with Gasteiger partial charge in [-0.3, -0.25) is 0 Å². The largest absolute Gasteiger partial charge is 0.355 e. The first-order valence-corrected chi connectivity index (χ1v) is 5.04. The number of ether oxygens (including phenoxy) is 2. The highest BCUT2D eigenvalue weighted by Gasteiger charge is 2.40. The zero-order valence-electron chi connectivity index (χ0n) is 8.51. The molecular formula is C11H18O2. The molecule has 1 heterocycles. The maximum atomic E-state index is 5.42. The van der Waals surface area contributed by atoms with Crippen LogP contribution in [0.25, 0.3) is 0 Å². The van der Waals surface area contributed by atoms with Gasteiger partial charge in [0.05, 0.1) is 13.2 Å². The van der Waals surface area contributed by atoms with Gasteiger partial charge in [-0.15, -0.1) is 0 Å². The van der Waals surface area contributed by atoms with Crippen molar-refractivity contribution in [2.45, 2.75) is 26.7 Å². The van der Waals surface area contributed by atoms with Crippen LogP contribution >= 0.6 is 0 Å². The fourth-order valence-corrected chi connectivity index (χ4v) is 2.35. The van der Waals surface area contributed by atoms with Crippen molar-refractivity contribution in [1.29, 1.82) is 0 Å². The van der Waals surface area contributed by atoms with E-state index in [0.29, 0.717) is 12.7 Å². The Morgan fingerprint density at radius 3 is 2.69 bits per heavy atom. The van der Waals surface area contributed by atoms with E-state index in [1.165, 1.54) is 12.0 Å². The number of hydrogen-bond donors (Lipinski definition) is 0. The lowest BCUT2D eigenvalue weighted by Crippen LogP contribution is -2.43. The Balaban J connectivity index is 2.12. The molecule has 1 saturated heterocycles. The van der Waals surface area contributed by atoms with Crippen LogP contribution < -0.4 is 0 Å². The van der Waals surface area contributed by atoms with E-state index in [-0.39, 0.29) is 5.41 Å². The first kappa shape index (κ1) is 9.22. The maximum Gasteiger partial charge on any atom is 0.146 e. The van der Waals surface area contributed by atoms with Crippen LogP contribution in [0.5, 0.6) is 0 Å². The summed E-state index contributed by atoms with van der Waals surface area (Å²) in [6, 6.07) is 0. The van der Waals surface area contributed by atoms with Crippen molar-refractivity contribution < 1.29 is 9.47 Å². The summed E-state index contributed by atoms with van der Waals surface area (Å²) in [5.74, 6) is 0.692. The molecule has 0 unspecified atom stereocenters. The summed E-state index contributed by atoms with van der Waals surface area (Å²) in [5, 5.41) is 0. The van der Waals surface area contributed by atoms with E-state index in [2.05, 4.69) is 19.9 Å². The maximum absolute atomic E-state index is 5.42. The standard InChI is InChI=1S/C11H18O2/c1-9-3-4-11(10(2)5-9)6-12-8-13-7-11/h3,10H,4-8H2,1-2H3/t10-/m1/s1. The van der Waals surface area contributed by atoms with Gasteiger partial charge in [0.15, 0.2) is 0 Å². The summed E-state index contributed by atoms with van der Waals surface area (Å²) in [6.45, 7) is 6.76. The highest BCUT2D eigenvalue weighted by atomic mass is 16.7. The van der Waals surface area contributed by atoms with Gasteiger partial charge in [-0.2, -0.15) is 0 Å². The zero-order valence-corrected chi connectivity index (χ0v) is 8.51. The topological polar surface area (TPSA) is 18.5 Å². The Hall–Kier alpha value is -0.340. The van der Waals surface area contributed by atoms with E-state index in [1.54, 1.807) is 0 Å². The van der Waals surface area contributed by atoms with Gasteiger partial charge in [0.2, 0.25) is 0 Å². The summed E-state index contributed by atoms with van der Waals surface area (Å²) in [5.41, 5.74) is 1.79. The molecule has 1 aliphatic carbocycles. The second-order valence-electron chi connectivity index (χ2n) is 4.54.